The third-order valence-electron chi connectivity index (χ3n) is 4.24. The summed E-state index contributed by atoms with van der Waals surface area (Å²) in [5.74, 6) is -5.35. The van der Waals surface area contributed by atoms with E-state index in [0.29, 0.717) is 17.4 Å². The van der Waals surface area contributed by atoms with E-state index < -0.39 is 63.6 Å². The Morgan fingerprint density at radius 1 is 0.581 bits per heavy atom. The second-order valence-electron chi connectivity index (χ2n) is 6.69. The normalized spacial score (nSPS) is 12.6. The maximum atomic E-state index is 14.5. The minimum atomic E-state index is -4.20. The molecule has 0 aliphatic heterocycles. The van der Waals surface area contributed by atoms with Crippen molar-refractivity contribution >= 4 is 30.6 Å². The zero-order valence-corrected chi connectivity index (χ0v) is 18.6. The van der Waals surface area contributed by atoms with Gasteiger partial charge in [-0.1, -0.05) is 18.2 Å². The molecule has 0 amide bonds. The predicted molar refractivity (Wildman–Crippen MR) is 109 cm³/mol. The van der Waals surface area contributed by atoms with Crippen molar-refractivity contribution in [3.05, 3.63) is 77.9 Å². The molecule has 0 fully saturated rings. The number of thiol groups is 1. The highest BCUT2D eigenvalue weighted by atomic mass is 32.2. The topological polar surface area (TPSA) is 68.3 Å². The largest absolute Gasteiger partial charge is 0.224 e. The fourth-order valence-corrected chi connectivity index (χ4v) is 7.07. The molecule has 0 aliphatic carbocycles. The van der Waals surface area contributed by atoms with Gasteiger partial charge in [0.2, 0.25) is 0 Å². The first-order valence-electron chi connectivity index (χ1n) is 8.54. The molecule has 3 rings (SSSR count). The maximum absolute atomic E-state index is 14.5. The Balaban J connectivity index is 2.31. The van der Waals surface area contributed by atoms with Crippen LogP contribution in [0.25, 0.3) is 0 Å². The Bertz CT molecular complexity index is 1240. The zero-order chi connectivity index (χ0) is 23.1. The van der Waals surface area contributed by atoms with E-state index in [1.165, 1.54) is 0 Å². The molecule has 0 atom stereocenters. The van der Waals surface area contributed by atoms with Crippen molar-refractivity contribution in [2.24, 2.45) is 0 Å². The molecule has 0 aromatic heterocycles. The Morgan fingerprint density at radius 3 is 1.19 bits per heavy atom. The van der Waals surface area contributed by atoms with E-state index in [1.54, 1.807) is 30.3 Å². The molecule has 0 heterocycles. The van der Waals surface area contributed by atoms with Gasteiger partial charge in [-0.3, -0.25) is 0 Å². The molecule has 11 heteroatoms. The van der Waals surface area contributed by atoms with Crippen LogP contribution in [0.3, 0.4) is 0 Å². The quantitative estimate of drug-likeness (QED) is 0.420. The van der Waals surface area contributed by atoms with Crippen molar-refractivity contribution in [3.8, 4) is 0 Å². The fourth-order valence-electron chi connectivity index (χ4n) is 3.08. The molecule has 0 radical (unpaired) electrons. The first kappa shape index (κ1) is 23.3. The fraction of sp³-hybridized carbons (Fsp3) is 0.100. The third-order valence-corrected chi connectivity index (χ3v) is 8.87. The molecular weight excluding hydrogens is 476 g/mol. The molecule has 0 spiro atoms. The van der Waals surface area contributed by atoms with Crippen molar-refractivity contribution in [1.29, 1.82) is 0 Å². The molecule has 3 aromatic carbocycles. The molecule has 166 valence electrons. The number of hydrogen-bond donors (Lipinski definition) is 1. The van der Waals surface area contributed by atoms with Gasteiger partial charge in [0.05, 0.1) is 0 Å². The lowest BCUT2D eigenvalue weighted by molar-refractivity contribution is 0.516. The number of hydrogen-bond acceptors (Lipinski definition) is 4. The Kier molecular flexibility index (Phi) is 6.23. The SMILES string of the molecule is CS(=O)(=O)c1c(F)cc([SH](c2ccccc2)c2cc(F)c(S(C)(=O)=O)c(F)c2)cc1F. The number of halogens is 4. The molecule has 31 heavy (non-hydrogen) atoms. The summed E-state index contributed by atoms with van der Waals surface area (Å²) in [6.45, 7) is 0. The van der Waals surface area contributed by atoms with E-state index in [1.807, 2.05) is 0 Å². The van der Waals surface area contributed by atoms with Gasteiger partial charge in [-0.2, -0.15) is 10.9 Å². The van der Waals surface area contributed by atoms with Gasteiger partial charge in [-0.15, -0.1) is 0 Å². The molecular formula is C20H16F4O4S3. The molecule has 0 saturated carbocycles. The lowest BCUT2D eigenvalue weighted by Gasteiger charge is -2.24. The van der Waals surface area contributed by atoms with Crippen LogP contribution >= 0.6 is 10.9 Å². The monoisotopic (exact) mass is 492 g/mol. The van der Waals surface area contributed by atoms with Crippen molar-refractivity contribution < 1.29 is 34.4 Å². The van der Waals surface area contributed by atoms with E-state index >= 15 is 0 Å². The van der Waals surface area contributed by atoms with Gasteiger partial charge in [-0.05, 0) is 41.3 Å². The molecule has 0 bridgehead atoms. The maximum Gasteiger partial charge on any atom is 0.181 e. The van der Waals surface area contributed by atoms with Gasteiger partial charge >= 0.3 is 0 Å². The summed E-state index contributed by atoms with van der Waals surface area (Å²) in [7, 11) is -10.4. The second kappa shape index (κ2) is 8.29. The Labute approximate surface area is 179 Å². The second-order valence-corrected chi connectivity index (χ2v) is 12.8. The highest BCUT2D eigenvalue weighted by molar-refractivity contribution is 8.17. The van der Waals surface area contributed by atoms with Crippen molar-refractivity contribution in [3.63, 3.8) is 0 Å². The first-order valence-corrected chi connectivity index (χ1v) is 13.7. The molecule has 3 aromatic rings. The summed E-state index contributed by atoms with van der Waals surface area (Å²) < 4.78 is 105. The van der Waals surface area contributed by atoms with E-state index in [2.05, 4.69) is 0 Å². The molecule has 0 N–H and O–H groups in total. The van der Waals surface area contributed by atoms with Crippen LogP contribution in [0, 0.1) is 23.3 Å². The van der Waals surface area contributed by atoms with E-state index in [4.69, 9.17) is 0 Å². The summed E-state index contributed by atoms with van der Waals surface area (Å²) in [6.07, 6.45) is 1.31. The van der Waals surface area contributed by atoms with Crippen LogP contribution in [-0.4, -0.2) is 29.3 Å². The van der Waals surface area contributed by atoms with Crippen LogP contribution in [0.5, 0.6) is 0 Å². The molecule has 0 saturated heterocycles. The molecule has 0 aliphatic rings. The van der Waals surface area contributed by atoms with Crippen LogP contribution in [-0.2, 0) is 19.7 Å². The van der Waals surface area contributed by atoms with Crippen LogP contribution in [0.2, 0.25) is 0 Å². The standard InChI is InChI=1S/C20H16F4O4S3/c1-30(25,26)19-15(21)8-13(9-16(19)22)29(12-6-4-3-5-7-12)14-10-17(23)20(18(24)11-14)31(2,27)28/h3-11,29H,1-2H3. The smallest absolute Gasteiger partial charge is 0.181 e. The number of benzene rings is 3. The molecule has 0 unspecified atom stereocenters. The Hall–Kier alpha value is -2.37. The average molecular weight is 493 g/mol. The van der Waals surface area contributed by atoms with E-state index in [9.17, 15) is 34.4 Å². The van der Waals surface area contributed by atoms with Gasteiger partial charge in [0.1, 0.15) is 33.1 Å². The first-order chi connectivity index (χ1) is 14.3. The minimum absolute atomic E-state index is 0.0468. The Morgan fingerprint density at radius 2 is 0.903 bits per heavy atom. The van der Waals surface area contributed by atoms with Crippen molar-refractivity contribution in [2.45, 2.75) is 24.5 Å². The van der Waals surface area contributed by atoms with Gasteiger partial charge < -0.3 is 0 Å². The van der Waals surface area contributed by atoms with Gasteiger partial charge in [0.15, 0.2) is 19.7 Å². The summed E-state index contributed by atoms with van der Waals surface area (Å²) >= 11 is 0. The van der Waals surface area contributed by atoms with Crippen LogP contribution < -0.4 is 0 Å². The summed E-state index contributed by atoms with van der Waals surface area (Å²) in [5.41, 5.74) is 0. The van der Waals surface area contributed by atoms with Crippen molar-refractivity contribution in [1.82, 2.24) is 0 Å². The molecule has 4 nitrogen and oxygen atoms in total. The number of rotatable bonds is 5. The number of sulfone groups is 2. The lowest BCUT2D eigenvalue weighted by atomic mass is 10.3. The lowest BCUT2D eigenvalue weighted by Crippen LogP contribution is -2.07. The summed E-state index contributed by atoms with van der Waals surface area (Å²) in [5, 5.41) is 0. The third kappa shape index (κ3) is 4.78. The van der Waals surface area contributed by atoms with E-state index in [0.717, 1.165) is 24.3 Å². The summed E-state index contributed by atoms with van der Waals surface area (Å²) in [4.78, 5) is -1.86. The van der Waals surface area contributed by atoms with E-state index in [-0.39, 0.29) is 9.79 Å². The van der Waals surface area contributed by atoms with Gasteiger partial charge in [-0.25, -0.2) is 34.4 Å². The van der Waals surface area contributed by atoms with Gasteiger partial charge in [0.25, 0.3) is 0 Å². The predicted octanol–water partition coefficient (Wildman–Crippen LogP) is 4.53. The highest BCUT2D eigenvalue weighted by Gasteiger charge is 2.26. The van der Waals surface area contributed by atoms with Crippen LogP contribution in [0.4, 0.5) is 17.6 Å². The summed E-state index contributed by atoms with van der Waals surface area (Å²) in [6, 6.07) is 11.3. The zero-order valence-electron chi connectivity index (χ0n) is 16.1. The highest BCUT2D eigenvalue weighted by Crippen LogP contribution is 2.52. The van der Waals surface area contributed by atoms with Crippen LogP contribution in [0.1, 0.15) is 0 Å². The average Bonchev–Trinajstić information content (AvgIpc) is 2.59. The minimum Gasteiger partial charge on any atom is -0.224 e. The van der Waals surface area contributed by atoms with Crippen LogP contribution in [0.15, 0.2) is 79.1 Å². The van der Waals surface area contributed by atoms with Crippen molar-refractivity contribution in [2.75, 3.05) is 12.5 Å². The van der Waals surface area contributed by atoms with Gasteiger partial charge in [0, 0.05) is 22.3 Å².